The van der Waals surface area contributed by atoms with Gasteiger partial charge in [0.2, 0.25) is 12.3 Å². The van der Waals surface area contributed by atoms with Crippen molar-refractivity contribution < 1.29 is 14.3 Å². The Bertz CT molecular complexity index is 1560. The molecule has 0 bridgehead atoms. The standard InChI is InChI=1S/C20H21N3O.C10H11NO2.C7H12.C2H6/c1-4-15-8-7-14(2)12-18(15)24-20-17(6-5-10-23-20)16-9-11-22-19(13-16)21-3;1-3-8-4-5-10(13-2)9(6-8)11-7-12;1-4-6-7(3)5-2;1-2/h5-13H,4H2,1-3H3,(H,21,22);3-7H,1H2,2H3,(H,11,12);4-6H,1-3H3;1-2H3/b;;6-4-,7-5-;. The van der Waals surface area contributed by atoms with Gasteiger partial charge in [0.1, 0.15) is 17.3 Å². The van der Waals surface area contributed by atoms with Gasteiger partial charge in [-0.3, -0.25) is 4.79 Å². The van der Waals surface area contributed by atoms with Crippen LogP contribution in [0, 0.1) is 6.92 Å². The SMILES string of the molecule is C/C=C\C(C)=C/C.C=Cc1ccc(OC)c(NC=O)c1.CC.CCc1ccc(C)cc1Oc1ncccc1-c1ccnc(NC)c1. The summed E-state index contributed by atoms with van der Waals surface area (Å²) in [5.74, 6) is 2.91. The predicted octanol–water partition coefficient (Wildman–Crippen LogP) is 10.3. The summed E-state index contributed by atoms with van der Waals surface area (Å²) in [6.07, 6.45) is 13.0. The minimum Gasteiger partial charge on any atom is -0.495 e. The Morgan fingerprint density at radius 2 is 1.74 bits per heavy atom. The van der Waals surface area contributed by atoms with E-state index in [0.29, 0.717) is 23.7 Å². The molecule has 4 rings (SSSR count). The van der Waals surface area contributed by atoms with E-state index in [2.05, 4.69) is 78.3 Å². The first-order chi connectivity index (χ1) is 22.3. The molecule has 0 radical (unpaired) electrons. The van der Waals surface area contributed by atoms with Crippen molar-refractivity contribution in [3.63, 3.8) is 0 Å². The first-order valence-electron chi connectivity index (χ1n) is 15.5. The lowest BCUT2D eigenvalue weighted by Gasteiger charge is -2.13. The second kappa shape index (κ2) is 22.4. The summed E-state index contributed by atoms with van der Waals surface area (Å²) in [6, 6.07) is 19.6. The minimum atomic E-state index is 0.603. The molecule has 0 aliphatic rings. The first kappa shape index (κ1) is 38.9. The molecule has 46 heavy (non-hydrogen) atoms. The average Bonchev–Trinajstić information content (AvgIpc) is 3.10. The number of methoxy groups -OCH3 is 1. The normalized spacial score (nSPS) is 10.2. The van der Waals surface area contributed by atoms with Gasteiger partial charge in [0.15, 0.2) is 0 Å². The van der Waals surface area contributed by atoms with Crippen molar-refractivity contribution in [1.82, 2.24) is 9.97 Å². The van der Waals surface area contributed by atoms with Crippen molar-refractivity contribution in [3.8, 4) is 28.5 Å². The highest BCUT2D eigenvalue weighted by Crippen LogP contribution is 2.34. The Kier molecular flexibility index (Phi) is 18.9. The van der Waals surface area contributed by atoms with E-state index >= 15 is 0 Å². The molecule has 0 atom stereocenters. The molecule has 1 amide bonds. The van der Waals surface area contributed by atoms with Gasteiger partial charge in [-0.25, -0.2) is 9.97 Å². The van der Waals surface area contributed by atoms with E-state index in [9.17, 15) is 4.79 Å². The van der Waals surface area contributed by atoms with Crippen LogP contribution >= 0.6 is 0 Å². The third kappa shape index (κ3) is 12.8. The van der Waals surface area contributed by atoms with Gasteiger partial charge >= 0.3 is 0 Å². The molecule has 0 saturated carbocycles. The van der Waals surface area contributed by atoms with E-state index in [4.69, 9.17) is 9.47 Å². The maximum Gasteiger partial charge on any atom is 0.227 e. The number of rotatable bonds is 10. The van der Waals surface area contributed by atoms with Crippen LogP contribution in [0.15, 0.2) is 103 Å². The van der Waals surface area contributed by atoms with Gasteiger partial charge in [-0.15, -0.1) is 0 Å². The second-order valence-corrected chi connectivity index (χ2v) is 9.56. The molecule has 0 fully saturated rings. The molecule has 0 aliphatic heterocycles. The van der Waals surface area contributed by atoms with Crippen molar-refractivity contribution >= 4 is 24.0 Å². The summed E-state index contributed by atoms with van der Waals surface area (Å²) in [6.45, 7) is 18.0. The van der Waals surface area contributed by atoms with Gasteiger partial charge in [0.25, 0.3) is 0 Å². The first-order valence-corrected chi connectivity index (χ1v) is 15.5. The maximum absolute atomic E-state index is 10.2. The summed E-state index contributed by atoms with van der Waals surface area (Å²) in [7, 11) is 3.41. The van der Waals surface area contributed by atoms with Crippen LogP contribution in [0.2, 0.25) is 0 Å². The molecular weight excluding hydrogens is 572 g/mol. The highest BCUT2D eigenvalue weighted by Gasteiger charge is 2.12. The van der Waals surface area contributed by atoms with Crippen molar-refractivity contribution in [2.45, 2.75) is 54.9 Å². The number of carbonyl (C=O) groups is 1. The fraction of sp³-hybridized carbons (Fsp3) is 0.256. The van der Waals surface area contributed by atoms with Gasteiger partial charge in [-0.2, -0.15) is 0 Å². The molecule has 2 N–H and O–H groups in total. The predicted molar refractivity (Wildman–Crippen MR) is 196 cm³/mol. The molecule has 0 aliphatic carbocycles. The summed E-state index contributed by atoms with van der Waals surface area (Å²) >= 11 is 0. The molecule has 7 nitrogen and oxygen atoms in total. The second-order valence-electron chi connectivity index (χ2n) is 9.56. The summed E-state index contributed by atoms with van der Waals surface area (Å²) in [4.78, 5) is 19.0. The van der Waals surface area contributed by atoms with Crippen molar-refractivity contribution in [2.24, 2.45) is 0 Å². The molecule has 0 unspecified atom stereocenters. The van der Waals surface area contributed by atoms with Gasteiger partial charge in [0, 0.05) is 25.0 Å². The van der Waals surface area contributed by atoms with Crippen molar-refractivity contribution in [1.29, 1.82) is 0 Å². The van der Waals surface area contributed by atoms with Crippen molar-refractivity contribution in [2.75, 3.05) is 24.8 Å². The van der Waals surface area contributed by atoms with Crippen LogP contribution in [-0.4, -0.2) is 30.5 Å². The number of hydrogen-bond donors (Lipinski definition) is 2. The monoisotopic (exact) mass is 622 g/mol. The molecule has 2 heterocycles. The van der Waals surface area contributed by atoms with Gasteiger partial charge < -0.3 is 20.1 Å². The van der Waals surface area contributed by atoms with Gasteiger partial charge in [0.05, 0.1) is 12.8 Å². The number of allylic oxidation sites excluding steroid dienone is 4. The third-order valence-corrected chi connectivity index (χ3v) is 6.47. The number of benzene rings is 2. The van der Waals surface area contributed by atoms with Crippen LogP contribution in [0.4, 0.5) is 11.5 Å². The number of ether oxygens (including phenoxy) is 2. The highest BCUT2D eigenvalue weighted by molar-refractivity contribution is 5.77. The zero-order chi connectivity index (χ0) is 34.3. The van der Waals surface area contributed by atoms with E-state index in [0.717, 1.165) is 34.7 Å². The Hall–Kier alpha value is -5.17. The van der Waals surface area contributed by atoms with Crippen molar-refractivity contribution in [3.05, 3.63) is 120 Å². The number of hydrogen-bond acceptors (Lipinski definition) is 6. The average molecular weight is 623 g/mol. The summed E-state index contributed by atoms with van der Waals surface area (Å²) < 4.78 is 11.2. The molecule has 0 spiro atoms. The Balaban J connectivity index is 0.000000403. The van der Waals surface area contributed by atoms with Gasteiger partial charge in [-0.1, -0.05) is 75.4 Å². The topological polar surface area (TPSA) is 85.4 Å². The minimum absolute atomic E-state index is 0.603. The van der Waals surface area contributed by atoms with Crippen LogP contribution in [0.3, 0.4) is 0 Å². The number of amides is 1. The largest absolute Gasteiger partial charge is 0.495 e. The number of pyridine rings is 2. The van der Waals surface area contributed by atoms with Crippen LogP contribution in [-0.2, 0) is 11.2 Å². The van der Waals surface area contributed by atoms with E-state index in [1.807, 2.05) is 71.2 Å². The fourth-order valence-corrected chi connectivity index (χ4v) is 3.97. The number of nitrogens with zero attached hydrogens (tertiary/aromatic N) is 2. The zero-order valence-electron chi connectivity index (χ0n) is 28.8. The highest BCUT2D eigenvalue weighted by atomic mass is 16.5. The molecular formula is C39H50N4O3. The van der Waals surface area contributed by atoms with Crippen LogP contribution in [0.5, 0.6) is 17.4 Å². The number of aromatic nitrogens is 2. The zero-order valence-corrected chi connectivity index (χ0v) is 28.8. The number of anilines is 2. The Labute approximate surface area is 276 Å². The summed E-state index contributed by atoms with van der Waals surface area (Å²) in [5, 5.41) is 5.61. The van der Waals surface area contributed by atoms with Crippen LogP contribution in [0.1, 0.15) is 58.2 Å². The van der Waals surface area contributed by atoms with E-state index in [-0.39, 0.29) is 0 Å². The smallest absolute Gasteiger partial charge is 0.227 e. The number of nitrogens with one attached hydrogen (secondary N) is 2. The van der Waals surface area contributed by atoms with E-state index < -0.39 is 0 Å². The van der Waals surface area contributed by atoms with E-state index in [1.165, 1.54) is 16.7 Å². The van der Waals surface area contributed by atoms with Crippen LogP contribution in [0.25, 0.3) is 17.2 Å². The Morgan fingerprint density at radius 1 is 0.978 bits per heavy atom. The lowest BCUT2D eigenvalue weighted by atomic mass is 10.1. The molecule has 2 aromatic heterocycles. The number of aryl methyl sites for hydroxylation is 2. The lowest BCUT2D eigenvalue weighted by molar-refractivity contribution is -0.105. The molecule has 244 valence electrons. The molecule has 4 aromatic rings. The third-order valence-electron chi connectivity index (χ3n) is 6.47. The fourth-order valence-electron chi connectivity index (χ4n) is 3.97. The molecule has 2 aromatic carbocycles. The van der Waals surface area contributed by atoms with Gasteiger partial charge in [-0.05, 0) is 98.8 Å². The van der Waals surface area contributed by atoms with E-state index in [1.54, 1.807) is 37.7 Å². The Morgan fingerprint density at radius 3 is 2.33 bits per heavy atom. The summed E-state index contributed by atoms with van der Waals surface area (Å²) in [5.41, 5.74) is 7.20. The lowest BCUT2D eigenvalue weighted by Crippen LogP contribution is -1.97. The maximum atomic E-state index is 10.2. The molecule has 0 saturated heterocycles. The quantitative estimate of drug-likeness (QED) is 0.135. The molecule has 7 heteroatoms. The number of carbonyl (C=O) groups excluding carboxylic acids is 1. The van der Waals surface area contributed by atoms with Crippen LogP contribution < -0.4 is 20.1 Å².